The highest BCUT2D eigenvalue weighted by Gasteiger charge is 2.31. The van der Waals surface area contributed by atoms with Gasteiger partial charge in [0.1, 0.15) is 17.2 Å². The predicted octanol–water partition coefficient (Wildman–Crippen LogP) is 6.43. The van der Waals surface area contributed by atoms with Crippen molar-refractivity contribution in [3.63, 3.8) is 0 Å². The minimum atomic E-state index is -4.78. The topological polar surface area (TPSA) is 69.7 Å². The standard InChI is InChI=1S/C24H23F3N2O4/c1-4-31-16(3)22-13-12-21(15(2)28-22)23(30)29-17-8-10-18(11-9-17)32-19-6-5-7-20(14-19)33-24(25,26)27/h5-14,16H,4H2,1-3H3,(H,29,30). The van der Waals surface area contributed by atoms with E-state index >= 15 is 0 Å². The molecule has 6 nitrogen and oxygen atoms in total. The Labute approximate surface area is 189 Å². The molecule has 0 saturated heterocycles. The molecule has 0 fully saturated rings. The molecule has 1 N–H and O–H groups in total. The van der Waals surface area contributed by atoms with Crippen LogP contribution in [0.15, 0.2) is 60.7 Å². The summed E-state index contributed by atoms with van der Waals surface area (Å²) in [5.41, 5.74) is 2.28. The van der Waals surface area contributed by atoms with E-state index in [0.717, 1.165) is 11.8 Å². The van der Waals surface area contributed by atoms with Crippen LogP contribution >= 0.6 is 0 Å². The van der Waals surface area contributed by atoms with Gasteiger partial charge in [-0.05, 0) is 69.3 Å². The number of nitrogens with one attached hydrogen (secondary N) is 1. The first-order chi connectivity index (χ1) is 15.6. The van der Waals surface area contributed by atoms with E-state index in [4.69, 9.17) is 9.47 Å². The zero-order valence-corrected chi connectivity index (χ0v) is 18.3. The van der Waals surface area contributed by atoms with Crippen LogP contribution < -0.4 is 14.8 Å². The third-order valence-electron chi connectivity index (χ3n) is 4.57. The van der Waals surface area contributed by atoms with Gasteiger partial charge in [0, 0.05) is 18.4 Å². The summed E-state index contributed by atoms with van der Waals surface area (Å²) in [5.74, 6) is -0.142. The molecule has 0 aliphatic heterocycles. The molecule has 0 saturated carbocycles. The van der Waals surface area contributed by atoms with Gasteiger partial charge in [-0.1, -0.05) is 6.07 Å². The van der Waals surface area contributed by atoms with Crippen molar-refractivity contribution < 1.29 is 32.2 Å². The Morgan fingerprint density at radius 1 is 1.03 bits per heavy atom. The molecule has 33 heavy (non-hydrogen) atoms. The van der Waals surface area contributed by atoms with Crippen molar-refractivity contribution in [2.45, 2.75) is 33.2 Å². The van der Waals surface area contributed by atoms with E-state index in [9.17, 15) is 18.0 Å². The zero-order chi connectivity index (χ0) is 24.0. The number of anilines is 1. The summed E-state index contributed by atoms with van der Waals surface area (Å²) in [6, 6.07) is 15.1. The summed E-state index contributed by atoms with van der Waals surface area (Å²) in [7, 11) is 0. The van der Waals surface area contributed by atoms with Crippen LogP contribution in [-0.2, 0) is 4.74 Å². The van der Waals surface area contributed by atoms with Crippen LogP contribution in [0.25, 0.3) is 0 Å². The Kier molecular flexibility index (Phi) is 7.55. The number of ether oxygens (including phenoxy) is 3. The highest BCUT2D eigenvalue weighted by Crippen LogP contribution is 2.29. The average Bonchev–Trinajstić information content (AvgIpc) is 2.74. The van der Waals surface area contributed by atoms with Crippen LogP contribution in [0.1, 0.15) is 41.7 Å². The van der Waals surface area contributed by atoms with Gasteiger partial charge < -0.3 is 19.5 Å². The number of amides is 1. The van der Waals surface area contributed by atoms with Gasteiger partial charge in [-0.15, -0.1) is 13.2 Å². The molecule has 0 spiro atoms. The number of carbonyl (C=O) groups is 1. The zero-order valence-electron chi connectivity index (χ0n) is 18.3. The molecule has 1 atom stereocenters. The van der Waals surface area contributed by atoms with Gasteiger partial charge >= 0.3 is 6.36 Å². The van der Waals surface area contributed by atoms with Crippen molar-refractivity contribution in [1.29, 1.82) is 0 Å². The molecule has 2 aromatic carbocycles. The lowest BCUT2D eigenvalue weighted by molar-refractivity contribution is -0.274. The number of benzene rings is 2. The summed E-state index contributed by atoms with van der Waals surface area (Å²) in [6.07, 6.45) is -4.95. The van der Waals surface area contributed by atoms with E-state index in [1.807, 2.05) is 13.8 Å². The number of halogens is 3. The molecule has 0 aliphatic carbocycles. The Morgan fingerprint density at radius 3 is 2.36 bits per heavy atom. The SMILES string of the molecule is CCOC(C)c1ccc(C(=O)Nc2ccc(Oc3cccc(OC(F)(F)F)c3)cc2)c(C)n1. The second kappa shape index (κ2) is 10.4. The first-order valence-corrected chi connectivity index (χ1v) is 10.2. The van der Waals surface area contributed by atoms with E-state index in [0.29, 0.717) is 29.3 Å². The van der Waals surface area contributed by atoms with E-state index in [1.54, 1.807) is 43.3 Å². The minimum absolute atomic E-state index is 0.168. The van der Waals surface area contributed by atoms with Crippen molar-refractivity contribution in [2.75, 3.05) is 11.9 Å². The van der Waals surface area contributed by atoms with Crippen LogP contribution in [0.5, 0.6) is 17.2 Å². The summed E-state index contributed by atoms with van der Waals surface area (Å²) < 4.78 is 52.1. The van der Waals surface area contributed by atoms with Crippen molar-refractivity contribution in [3.8, 4) is 17.2 Å². The molecule has 3 rings (SSSR count). The third kappa shape index (κ3) is 6.95. The first kappa shape index (κ1) is 24.1. The summed E-state index contributed by atoms with van der Waals surface area (Å²) in [6.45, 7) is 6.12. The molecule has 1 heterocycles. The van der Waals surface area contributed by atoms with Crippen LogP contribution in [0.4, 0.5) is 18.9 Å². The number of pyridine rings is 1. The molecule has 1 unspecified atom stereocenters. The van der Waals surface area contributed by atoms with Crippen molar-refractivity contribution in [1.82, 2.24) is 4.98 Å². The number of aromatic nitrogens is 1. The summed E-state index contributed by atoms with van der Waals surface area (Å²) in [5, 5.41) is 2.79. The van der Waals surface area contributed by atoms with Crippen LogP contribution in [0.3, 0.4) is 0 Å². The molecule has 174 valence electrons. The third-order valence-corrected chi connectivity index (χ3v) is 4.57. The average molecular weight is 460 g/mol. The fourth-order valence-electron chi connectivity index (χ4n) is 3.06. The predicted molar refractivity (Wildman–Crippen MR) is 117 cm³/mol. The molecule has 0 aliphatic rings. The summed E-state index contributed by atoms with van der Waals surface area (Å²) >= 11 is 0. The number of nitrogens with zero attached hydrogens (tertiary/aromatic N) is 1. The lowest BCUT2D eigenvalue weighted by Crippen LogP contribution is -2.17. The van der Waals surface area contributed by atoms with Crippen molar-refractivity contribution >= 4 is 11.6 Å². The molecule has 1 amide bonds. The van der Waals surface area contributed by atoms with Gasteiger partial charge in [0.15, 0.2) is 0 Å². The Morgan fingerprint density at radius 2 is 1.73 bits per heavy atom. The van der Waals surface area contributed by atoms with Gasteiger partial charge in [-0.3, -0.25) is 9.78 Å². The molecular weight excluding hydrogens is 437 g/mol. The largest absolute Gasteiger partial charge is 0.573 e. The smallest absolute Gasteiger partial charge is 0.457 e. The number of rotatable bonds is 8. The van der Waals surface area contributed by atoms with Crippen LogP contribution in [0.2, 0.25) is 0 Å². The maximum absolute atomic E-state index is 12.6. The van der Waals surface area contributed by atoms with E-state index in [-0.39, 0.29) is 23.5 Å². The Bertz CT molecular complexity index is 1100. The number of alkyl halides is 3. The van der Waals surface area contributed by atoms with E-state index in [1.165, 1.54) is 18.2 Å². The monoisotopic (exact) mass is 460 g/mol. The number of hydrogen-bond donors (Lipinski definition) is 1. The number of carbonyl (C=O) groups excluding carboxylic acids is 1. The molecule has 1 aromatic heterocycles. The molecular formula is C24H23F3N2O4. The van der Waals surface area contributed by atoms with Crippen molar-refractivity contribution in [3.05, 3.63) is 77.6 Å². The van der Waals surface area contributed by atoms with Gasteiger partial charge in [0.2, 0.25) is 0 Å². The van der Waals surface area contributed by atoms with Gasteiger partial charge in [0.25, 0.3) is 5.91 Å². The maximum Gasteiger partial charge on any atom is 0.573 e. The minimum Gasteiger partial charge on any atom is -0.457 e. The molecule has 9 heteroatoms. The molecule has 3 aromatic rings. The van der Waals surface area contributed by atoms with Gasteiger partial charge in [0.05, 0.1) is 23.1 Å². The molecule has 0 bridgehead atoms. The Hall–Kier alpha value is -3.59. The second-order valence-electron chi connectivity index (χ2n) is 7.07. The summed E-state index contributed by atoms with van der Waals surface area (Å²) in [4.78, 5) is 17.1. The Balaban J connectivity index is 1.64. The van der Waals surface area contributed by atoms with Crippen LogP contribution in [0, 0.1) is 6.92 Å². The maximum atomic E-state index is 12.6. The fourth-order valence-corrected chi connectivity index (χ4v) is 3.06. The van der Waals surface area contributed by atoms with Gasteiger partial charge in [-0.2, -0.15) is 0 Å². The quantitative estimate of drug-likeness (QED) is 0.419. The van der Waals surface area contributed by atoms with E-state index < -0.39 is 6.36 Å². The van der Waals surface area contributed by atoms with Gasteiger partial charge in [-0.25, -0.2) is 0 Å². The normalized spacial score (nSPS) is 12.2. The first-order valence-electron chi connectivity index (χ1n) is 10.2. The fraction of sp³-hybridized carbons (Fsp3) is 0.250. The lowest BCUT2D eigenvalue weighted by Gasteiger charge is -2.14. The highest BCUT2D eigenvalue weighted by atomic mass is 19.4. The number of aryl methyl sites for hydroxylation is 1. The lowest BCUT2D eigenvalue weighted by atomic mass is 10.1. The van der Waals surface area contributed by atoms with Crippen LogP contribution in [-0.4, -0.2) is 23.9 Å². The van der Waals surface area contributed by atoms with Crippen molar-refractivity contribution in [2.24, 2.45) is 0 Å². The van der Waals surface area contributed by atoms with E-state index in [2.05, 4.69) is 15.0 Å². The molecule has 0 radical (unpaired) electrons. The number of hydrogen-bond acceptors (Lipinski definition) is 5. The highest BCUT2D eigenvalue weighted by molar-refractivity contribution is 6.05. The second-order valence-corrected chi connectivity index (χ2v) is 7.07.